The fraction of sp³-hybridized carbons (Fsp3) is 0.231. The number of rotatable bonds is 2. The average Bonchev–Trinajstić information content (AvgIpc) is 2.28. The van der Waals surface area contributed by atoms with Gasteiger partial charge in [0.2, 0.25) is 5.28 Å². The van der Waals surface area contributed by atoms with Crippen LogP contribution in [-0.2, 0) is 0 Å². The first-order valence-corrected chi connectivity index (χ1v) is 6.13. The molecule has 1 aromatic carbocycles. The van der Waals surface area contributed by atoms with Gasteiger partial charge in [-0.1, -0.05) is 43.6 Å². The summed E-state index contributed by atoms with van der Waals surface area (Å²) in [6.45, 7) is 4.13. The third kappa shape index (κ3) is 2.76. The Morgan fingerprint density at radius 3 is 2.41 bits per heavy atom. The van der Waals surface area contributed by atoms with Crippen LogP contribution in [0.2, 0.25) is 10.3 Å². The van der Waals surface area contributed by atoms with Crippen LogP contribution < -0.4 is 0 Å². The van der Waals surface area contributed by atoms with Gasteiger partial charge in [0.1, 0.15) is 0 Å². The van der Waals surface area contributed by atoms with Gasteiger partial charge >= 0.3 is 0 Å². The smallest absolute Gasteiger partial charge is 0.223 e. The van der Waals surface area contributed by atoms with E-state index >= 15 is 0 Å². The predicted molar refractivity (Wildman–Crippen MR) is 71.6 cm³/mol. The van der Waals surface area contributed by atoms with Crippen molar-refractivity contribution in [3.05, 3.63) is 46.3 Å². The summed E-state index contributed by atoms with van der Waals surface area (Å²) in [7, 11) is 0. The molecule has 0 amide bonds. The summed E-state index contributed by atoms with van der Waals surface area (Å²) in [6, 6.07) is 9.50. The molecule has 0 fully saturated rings. The summed E-state index contributed by atoms with van der Waals surface area (Å²) >= 11 is 12.1. The lowest BCUT2D eigenvalue weighted by atomic mass is 10.1. The summed E-state index contributed by atoms with van der Waals surface area (Å²) in [5.74, 6) is 0.303. The van der Waals surface area contributed by atoms with Gasteiger partial charge in [0.05, 0.1) is 5.69 Å². The predicted octanol–water partition coefficient (Wildman–Crippen LogP) is 4.57. The molecule has 0 saturated carbocycles. The Morgan fingerprint density at radius 1 is 1.06 bits per heavy atom. The largest absolute Gasteiger partial charge is 0.223 e. The lowest BCUT2D eigenvalue weighted by Gasteiger charge is -2.08. The van der Waals surface area contributed by atoms with Crippen LogP contribution >= 0.6 is 23.2 Å². The summed E-state index contributed by atoms with van der Waals surface area (Å²) in [5, 5.41) is 0.920. The molecule has 2 nitrogen and oxygen atoms in total. The third-order valence-electron chi connectivity index (χ3n) is 2.46. The van der Waals surface area contributed by atoms with Crippen LogP contribution in [0.1, 0.15) is 25.5 Å². The van der Waals surface area contributed by atoms with Crippen molar-refractivity contribution in [3.8, 4) is 11.3 Å². The Morgan fingerprint density at radius 2 is 1.76 bits per heavy atom. The highest BCUT2D eigenvalue weighted by Crippen LogP contribution is 2.28. The molecule has 0 saturated heterocycles. The molecular formula is C13H12Cl2N2. The highest BCUT2D eigenvalue weighted by molar-refractivity contribution is 6.33. The van der Waals surface area contributed by atoms with Gasteiger partial charge in [-0.3, -0.25) is 0 Å². The maximum Gasteiger partial charge on any atom is 0.223 e. The van der Waals surface area contributed by atoms with E-state index in [1.807, 2.05) is 30.3 Å². The first-order chi connectivity index (χ1) is 8.08. The quantitative estimate of drug-likeness (QED) is 0.744. The molecule has 0 N–H and O–H groups in total. The minimum atomic E-state index is 0.256. The molecule has 0 unspecified atom stereocenters. The van der Waals surface area contributed by atoms with Crippen molar-refractivity contribution in [1.82, 2.24) is 9.97 Å². The zero-order valence-electron chi connectivity index (χ0n) is 9.61. The fourth-order valence-electron chi connectivity index (χ4n) is 1.54. The number of benzene rings is 1. The SMILES string of the molecule is CC(C)c1cc(-c2ccccc2Cl)nc(Cl)n1. The molecule has 0 aliphatic heterocycles. The molecule has 17 heavy (non-hydrogen) atoms. The highest BCUT2D eigenvalue weighted by atomic mass is 35.5. The molecule has 1 aromatic heterocycles. The molecule has 0 spiro atoms. The van der Waals surface area contributed by atoms with Crippen LogP contribution in [0.4, 0.5) is 0 Å². The Hall–Kier alpha value is -1.12. The number of hydrogen-bond acceptors (Lipinski definition) is 2. The van der Waals surface area contributed by atoms with Crippen molar-refractivity contribution in [2.75, 3.05) is 0 Å². The van der Waals surface area contributed by atoms with E-state index < -0.39 is 0 Å². The number of halogens is 2. The maximum absolute atomic E-state index is 6.14. The molecule has 2 aromatic rings. The van der Waals surface area contributed by atoms with Gasteiger partial charge in [-0.25, -0.2) is 9.97 Å². The molecule has 4 heteroatoms. The molecule has 0 atom stereocenters. The topological polar surface area (TPSA) is 25.8 Å². The molecule has 0 radical (unpaired) electrons. The third-order valence-corrected chi connectivity index (χ3v) is 2.96. The molecule has 0 aliphatic rings. The standard InChI is InChI=1S/C13H12Cl2N2/c1-8(2)11-7-12(17-13(15)16-11)9-5-3-4-6-10(9)14/h3-8H,1-2H3. The molecule has 0 bridgehead atoms. The van der Waals surface area contributed by atoms with Crippen molar-refractivity contribution in [1.29, 1.82) is 0 Å². The van der Waals surface area contributed by atoms with Gasteiger partial charge in [-0.05, 0) is 29.7 Å². The van der Waals surface area contributed by atoms with Gasteiger partial charge in [0.15, 0.2) is 0 Å². The molecule has 0 aliphatic carbocycles. The van der Waals surface area contributed by atoms with E-state index in [2.05, 4.69) is 23.8 Å². The van der Waals surface area contributed by atoms with Gasteiger partial charge < -0.3 is 0 Å². The van der Waals surface area contributed by atoms with E-state index in [1.54, 1.807) is 0 Å². The van der Waals surface area contributed by atoms with E-state index in [9.17, 15) is 0 Å². The zero-order valence-corrected chi connectivity index (χ0v) is 11.1. The molecule has 88 valence electrons. The highest BCUT2D eigenvalue weighted by Gasteiger charge is 2.10. The van der Waals surface area contributed by atoms with Crippen molar-refractivity contribution in [2.45, 2.75) is 19.8 Å². The monoisotopic (exact) mass is 266 g/mol. The summed E-state index contributed by atoms with van der Waals surface area (Å²) in [5.41, 5.74) is 2.56. The van der Waals surface area contributed by atoms with Crippen LogP contribution in [0.25, 0.3) is 11.3 Å². The summed E-state index contributed by atoms with van der Waals surface area (Å²) < 4.78 is 0. The summed E-state index contributed by atoms with van der Waals surface area (Å²) in [6.07, 6.45) is 0. The Labute approximate surface area is 111 Å². The number of aromatic nitrogens is 2. The fourth-order valence-corrected chi connectivity index (χ4v) is 1.96. The van der Waals surface area contributed by atoms with Gasteiger partial charge in [-0.15, -0.1) is 0 Å². The Kier molecular flexibility index (Phi) is 3.65. The van der Waals surface area contributed by atoms with Crippen LogP contribution in [0, 0.1) is 0 Å². The van der Waals surface area contributed by atoms with Crippen LogP contribution in [0.3, 0.4) is 0 Å². The first-order valence-electron chi connectivity index (χ1n) is 5.37. The van der Waals surface area contributed by atoms with Crippen molar-refractivity contribution >= 4 is 23.2 Å². The zero-order chi connectivity index (χ0) is 12.4. The molecular weight excluding hydrogens is 255 g/mol. The van der Waals surface area contributed by atoms with E-state index in [4.69, 9.17) is 23.2 Å². The van der Waals surface area contributed by atoms with E-state index in [-0.39, 0.29) is 5.28 Å². The Bertz CT molecular complexity index is 539. The van der Waals surface area contributed by atoms with Crippen LogP contribution in [0.15, 0.2) is 30.3 Å². The second-order valence-electron chi connectivity index (χ2n) is 4.08. The van der Waals surface area contributed by atoms with Gasteiger partial charge in [-0.2, -0.15) is 0 Å². The van der Waals surface area contributed by atoms with E-state index in [0.717, 1.165) is 17.0 Å². The van der Waals surface area contributed by atoms with Crippen molar-refractivity contribution in [2.24, 2.45) is 0 Å². The van der Waals surface area contributed by atoms with E-state index in [1.165, 1.54) is 0 Å². The minimum Gasteiger partial charge on any atom is -0.223 e. The van der Waals surface area contributed by atoms with Crippen LogP contribution in [0.5, 0.6) is 0 Å². The maximum atomic E-state index is 6.14. The van der Waals surface area contributed by atoms with Gasteiger partial charge in [0.25, 0.3) is 0 Å². The second kappa shape index (κ2) is 5.03. The van der Waals surface area contributed by atoms with Crippen LogP contribution in [-0.4, -0.2) is 9.97 Å². The lowest BCUT2D eigenvalue weighted by Crippen LogP contribution is -1.97. The molecule has 1 heterocycles. The second-order valence-corrected chi connectivity index (χ2v) is 4.83. The van der Waals surface area contributed by atoms with Gasteiger partial charge in [0, 0.05) is 16.3 Å². The lowest BCUT2D eigenvalue weighted by molar-refractivity contribution is 0.815. The number of hydrogen-bond donors (Lipinski definition) is 0. The molecule has 2 rings (SSSR count). The first kappa shape index (κ1) is 12.3. The normalized spacial score (nSPS) is 10.9. The van der Waals surface area contributed by atoms with E-state index in [0.29, 0.717) is 10.9 Å². The Balaban J connectivity index is 2.56. The van der Waals surface area contributed by atoms with Crippen molar-refractivity contribution < 1.29 is 0 Å². The number of nitrogens with zero attached hydrogens (tertiary/aromatic N) is 2. The average molecular weight is 267 g/mol. The minimum absolute atomic E-state index is 0.256. The summed E-state index contributed by atoms with van der Waals surface area (Å²) in [4.78, 5) is 8.42. The van der Waals surface area contributed by atoms with Crippen molar-refractivity contribution in [3.63, 3.8) is 0 Å².